The van der Waals surface area contributed by atoms with Crippen molar-refractivity contribution in [1.82, 2.24) is 24.8 Å². The van der Waals surface area contributed by atoms with Crippen LogP contribution in [0, 0.1) is 5.92 Å². The molecular formula is C28H38N6O2. The lowest BCUT2D eigenvalue weighted by atomic mass is 9.91. The number of ether oxygens (including phenoxy) is 1. The molecule has 0 saturated carbocycles. The minimum atomic E-state index is 0.552. The van der Waals surface area contributed by atoms with E-state index in [9.17, 15) is 0 Å². The van der Waals surface area contributed by atoms with Crippen LogP contribution in [0.15, 0.2) is 47.1 Å². The van der Waals surface area contributed by atoms with Gasteiger partial charge in [-0.2, -0.15) is 0 Å². The molecule has 3 saturated heterocycles. The predicted molar refractivity (Wildman–Crippen MR) is 141 cm³/mol. The quantitative estimate of drug-likeness (QED) is 0.522. The average Bonchev–Trinajstić information content (AvgIpc) is 3.24. The number of piperidine rings is 1. The third-order valence-electron chi connectivity index (χ3n) is 8.15. The highest BCUT2D eigenvalue weighted by atomic mass is 16.5. The second-order valence-electron chi connectivity index (χ2n) is 10.8. The highest BCUT2D eigenvalue weighted by Gasteiger charge is 2.34. The number of likely N-dealkylation sites (N-methyl/N-ethyl adjacent to an activating group) is 1. The van der Waals surface area contributed by atoms with Gasteiger partial charge in [0.25, 0.3) is 0 Å². The van der Waals surface area contributed by atoms with Crippen LogP contribution in [0.3, 0.4) is 0 Å². The van der Waals surface area contributed by atoms with Crippen LogP contribution in [-0.4, -0.2) is 96.9 Å². The summed E-state index contributed by atoms with van der Waals surface area (Å²) in [7, 11) is 2.21. The van der Waals surface area contributed by atoms with Gasteiger partial charge in [-0.3, -0.25) is 9.80 Å². The fourth-order valence-corrected chi connectivity index (χ4v) is 6.00. The molecule has 6 rings (SSSR count). The molecule has 192 valence electrons. The highest BCUT2D eigenvalue weighted by molar-refractivity contribution is 5.88. The first kappa shape index (κ1) is 23.7. The highest BCUT2D eigenvalue weighted by Crippen LogP contribution is 2.31. The molecule has 3 aromatic rings. The van der Waals surface area contributed by atoms with E-state index in [4.69, 9.17) is 9.26 Å². The Morgan fingerprint density at radius 3 is 2.83 bits per heavy atom. The number of benzene rings is 1. The predicted octanol–water partition coefficient (Wildman–Crippen LogP) is 3.34. The molecule has 2 unspecified atom stereocenters. The van der Waals surface area contributed by atoms with Gasteiger partial charge in [-0.1, -0.05) is 23.4 Å². The Hall–Kier alpha value is -2.68. The van der Waals surface area contributed by atoms with Crippen molar-refractivity contribution < 1.29 is 9.26 Å². The van der Waals surface area contributed by atoms with Gasteiger partial charge < -0.3 is 19.1 Å². The van der Waals surface area contributed by atoms with Crippen molar-refractivity contribution in [2.45, 2.75) is 31.8 Å². The molecule has 36 heavy (non-hydrogen) atoms. The van der Waals surface area contributed by atoms with Crippen molar-refractivity contribution in [2.75, 3.05) is 70.9 Å². The van der Waals surface area contributed by atoms with Crippen LogP contribution >= 0.6 is 0 Å². The number of aromatic nitrogens is 2. The molecule has 3 aliphatic rings. The molecule has 0 bridgehead atoms. The Morgan fingerprint density at radius 2 is 1.92 bits per heavy atom. The van der Waals surface area contributed by atoms with Crippen LogP contribution < -0.4 is 9.64 Å². The molecule has 0 amide bonds. The number of hydrogen-bond acceptors (Lipinski definition) is 8. The topological polar surface area (TPSA) is 61.1 Å². The van der Waals surface area contributed by atoms with Gasteiger partial charge in [-0.05, 0) is 57.1 Å². The lowest BCUT2D eigenvalue weighted by Gasteiger charge is -2.46. The molecule has 8 nitrogen and oxygen atoms in total. The Bertz CT molecular complexity index is 1130. The van der Waals surface area contributed by atoms with Gasteiger partial charge in [0, 0.05) is 70.0 Å². The summed E-state index contributed by atoms with van der Waals surface area (Å²) in [5, 5.41) is 5.50. The van der Waals surface area contributed by atoms with E-state index in [0.717, 1.165) is 81.6 Å². The van der Waals surface area contributed by atoms with Crippen molar-refractivity contribution >= 4 is 16.8 Å². The second kappa shape index (κ2) is 10.7. The molecule has 3 aliphatic heterocycles. The van der Waals surface area contributed by atoms with Crippen LogP contribution in [0.25, 0.3) is 11.0 Å². The first-order chi connectivity index (χ1) is 17.7. The number of pyridine rings is 1. The molecule has 8 heteroatoms. The lowest BCUT2D eigenvalue weighted by Crippen LogP contribution is -2.57. The maximum Gasteiger partial charge on any atom is 0.213 e. The van der Waals surface area contributed by atoms with Crippen molar-refractivity contribution in [2.24, 2.45) is 5.92 Å². The number of nitrogens with zero attached hydrogens (tertiary/aromatic N) is 6. The monoisotopic (exact) mass is 490 g/mol. The van der Waals surface area contributed by atoms with E-state index in [1.807, 2.05) is 24.4 Å². The fourth-order valence-electron chi connectivity index (χ4n) is 6.00. The van der Waals surface area contributed by atoms with E-state index < -0.39 is 0 Å². The minimum Gasteiger partial charge on any atom is -0.477 e. The summed E-state index contributed by atoms with van der Waals surface area (Å²) in [6.07, 6.45) is 5.61. The first-order valence-corrected chi connectivity index (χ1v) is 13.5. The van der Waals surface area contributed by atoms with Crippen molar-refractivity contribution in [3.8, 4) is 5.88 Å². The fraction of sp³-hybridized carbons (Fsp3) is 0.571. The lowest BCUT2D eigenvalue weighted by molar-refractivity contribution is 0.0716. The zero-order valence-electron chi connectivity index (χ0n) is 21.4. The normalized spacial score (nSPS) is 24.5. The molecule has 3 fully saturated rings. The molecule has 0 N–H and O–H groups in total. The number of rotatable bonds is 6. The third kappa shape index (κ3) is 5.36. The first-order valence-electron chi connectivity index (χ1n) is 13.5. The van der Waals surface area contributed by atoms with Gasteiger partial charge >= 0.3 is 0 Å². The number of hydrogen-bond donors (Lipinski definition) is 0. The summed E-state index contributed by atoms with van der Waals surface area (Å²) < 4.78 is 11.7. The SMILES string of the molecule is CN1CCCN(Cc2ccc(OCC3CCC4CN(c5noc6ccccc56)CCN4C3)nc2)CC1. The Kier molecular flexibility index (Phi) is 7.07. The Morgan fingerprint density at radius 1 is 0.972 bits per heavy atom. The molecule has 2 atom stereocenters. The standard InChI is InChI=1S/C28H38N6O2/c1-31-11-4-12-32(14-13-31)18-22-8-10-27(29-17-22)35-21-23-7-9-24-20-34(16-15-33(24)19-23)28-25-5-2-3-6-26(25)36-30-28/h2-3,5-6,8,10,17,23-24H,4,7,9,11-16,18-21H2,1H3. The van der Waals surface area contributed by atoms with E-state index in [1.54, 1.807) is 0 Å². The van der Waals surface area contributed by atoms with Gasteiger partial charge in [-0.25, -0.2) is 4.98 Å². The molecular weight excluding hydrogens is 452 g/mol. The van der Waals surface area contributed by atoms with Crippen molar-refractivity contribution in [1.29, 1.82) is 0 Å². The summed E-state index contributed by atoms with van der Waals surface area (Å²) >= 11 is 0. The molecule has 0 aliphatic carbocycles. The van der Waals surface area contributed by atoms with E-state index in [2.05, 4.69) is 55.0 Å². The summed E-state index contributed by atoms with van der Waals surface area (Å²) in [5.41, 5.74) is 2.14. The van der Waals surface area contributed by atoms with E-state index in [1.165, 1.54) is 31.4 Å². The third-order valence-corrected chi connectivity index (χ3v) is 8.15. The largest absolute Gasteiger partial charge is 0.477 e. The number of para-hydroxylation sites is 1. The van der Waals surface area contributed by atoms with Crippen molar-refractivity contribution in [3.05, 3.63) is 48.2 Å². The zero-order chi connectivity index (χ0) is 24.3. The summed E-state index contributed by atoms with van der Waals surface area (Å²) in [5.74, 6) is 2.30. The molecule has 0 radical (unpaired) electrons. The average molecular weight is 491 g/mol. The van der Waals surface area contributed by atoms with Gasteiger partial charge in [0.2, 0.25) is 5.88 Å². The van der Waals surface area contributed by atoms with Crippen LogP contribution in [0.2, 0.25) is 0 Å². The van der Waals surface area contributed by atoms with E-state index >= 15 is 0 Å². The number of piperazine rings is 1. The minimum absolute atomic E-state index is 0.552. The van der Waals surface area contributed by atoms with Gasteiger partial charge in [0.05, 0.1) is 12.0 Å². The Balaban J connectivity index is 0.973. The van der Waals surface area contributed by atoms with Crippen LogP contribution in [-0.2, 0) is 6.54 Å². The zero-order valence-corrected chi connectivity index (χ0v) is 21.4. The van der Waals surface area contributed by atoms with Crippen LogP contribution in [0.4, 0.5) is 5.82 Å². The molecule has 2 aromatic heterocycles. The van der Waals surface area contributed by atoms with Crippen LogP contribution in [0.1, 0.15) is 24.8 Å². The number of anilines is 1. The smallest absolute Gasteiger partial charge is 0.213 e. The maximum atomic E-state index is 6.14. The molecule has 0 spiro atoms. The molecule has 1 aromatic carbocycles. The van der Waals surface area contributed by atoms with Crippen LogP contribution in [0.5, 0.6) is 5.88 Å². The maximum absolute atomic E-state index is 6.14. The number of fused-ring (bicyclic) bond motifs is 2. The Labute approximate surface area is 213 Å². The van der Waals surface area contributed by atoms with Crippen molar-refractivity contribution in [3.63, 3.8) is 0 Å². The van der Waals surface area contributed by atoms with Gasteiger partial charge in [0.15, 0.2) is 11.4 Å². The van der Waals surface area contributed by atoms with Gasteiger partial charge in [-0.15, -0.1) is 0 Å². The summed E-state index contributed by atoms with van der Waals surface area (Å²) in [6, 6.07) is 13.0. The second-order valence-corrected chi connectivity index (χ2v) is 10.8. The van der Waals surface area contributed by atoms with E-state index in [-0.39, 0.29) is 0 Å². The van der Waals surface area contributed by atoms with E-state index in [0.29, 0.717) is 12.0 Å². The summed E-state index contributed by atoms with van der Waals surface area (Å²) in [4.78, 5) is 14.6. The molecule has 5 heterocycles. The summed E-state index contributed by atoms with van der Waals surface area (Å²) in [6.45, 7) is 10.5. The van der Waals surface area contributed by atoms with Gasteiger partial charge in [0.1, 0.15) is 0 Å².